The van der Waals surface area contributed by atoms with Gasteiger partial charge in [-0.1, -0.05) is 23.7 Å². The van der Waals surface area contributed by atoms with Gasteiger partial charge in [0.05, 0.1) is 21.2 Å². The first-order valence-corrected chi connectivity index (χ1v) is 16.4. The van der Waals surface area contributed by atoms with E-state index in [1.165, 1.54) is 49.1 Å². The molecule has 0 spiro atoms. The van der Waals surface area contributed by atoms with Gasteiger partial charge in [0.2, 0.25) is 5.95 Å². The molecule has 0 saturated heterocycles. The number of hydrogen-bond donors (Lipinski definition) is 3. The van der Waals surface area contributed by atoms with Crippen LogP contribution in [0.15, 0.2) is 72.1 Å². The number of anilines is 2. The zero-order valence-electron chi connectivity index (χ0n) is 25.3. The number of carbonyl (C=O) groups is 1. The molecule has 3 N–H and O–H groups in total. The first-order chi connectivity index (χ1) is 21.9. The Bertz CT molecular complexity index is 1820. The van der Waals surface area contributed by atoms with Crippen molar-refractivity contribution in [3.05, 3.63) is 78.1 Å². The van der Waals surface area contributed by atoms with Gasteiger partial charge < -0.3 is 20.1 Å². The second kappa shape index (κ2) is 13.8. The van der Waals surface area contributed by atoms with Crippen molar-refractivity contribution in [2.75, 3.05) is 10.0 Å². The van der Waals surface area contributed by atoms with Crippen LogP contribution in [0.25, 0.3) is 11.4 Å². The predicted octanol–water partition coefficient (Wildman–Crippen LogP) is 6.57. The van der Waals surface area contributed by atoms with Crippen LogP contribution in [0, 0.1) is 5.82 Å². The fraction of sp³-hybridized carbons (Fsp3) is 0.323. The molecule has 1 aliphatic carbocycles. The van der Waals surface area contributed by atoms with Gasteiger partial charge in [-0.25, -0.2) is 27.6 Å². The number of pyridine rings is 1. The minimum atomic E-state index is -4.13. The molecule has 242 valence electrons. The smallest absolute Gasteiger partial charge is 0.407 e. The number of benzene rings is 2. The number of amides is 1. The standard InChI is InChI=1S/C31H33ClFN7O5S/c1-31(2,3)45-30(41)38-20-10-8-19(9-11-20)37-29-36-18-35-28(39-29)22-17-34-15-14-26(22)44-27-13-12-21(16-24(27)33)46(42,43)40-25-7-5-4-6-23(25)32/h4-7,12-20,40H,8-11H2,1-3H3,(H,38,41)(H,35,36,37,39). The number of halogens is 2. The van der Waals surface area contributed by atoms with E-state index in [1.807, 2.05) is 20.8 Å². The second-order valence-electron chi connectivity index (χ2n) is 11.6. The third-order valence-corrected chi connectivity index (χ3v) is 8.62. The number of nitrogens with one attached hydrogen (secondary N) is 3. The Morgan fingerprint density at radius 2 is 1.74 bits per heavy atom. The minimum absolute atomic E-state index is 0.0186. The van der Waals surface area contributed by atoms with Crippen LogP contribution in [0.5, 0.6) is 11.5 Å². The van der Waals surface area contributed by atoms with E-state index in [9.17, 15) is 13.2 Å². The highest BCUT2D eigenvalue weighted by Gasteiger charge is 2.26. The van der Waals surface area contributed by atoms with Gasteiger partial charge in [0.25, 0.3) is 10.0 Å². The summed E-state index contributed by atoms with van der Waals surface area (Å²) in [6.07, 6.45) is 6.95. The van der Waals surface area contributed by atoms with Gasteiger partial charge in [0.1, 0.15) is 17.7 Å². The third kappa shape index (κ3) is 8.57. The molecule has 1 fully saturated rings. The van der Waals surface area contributed by atoms with Gasteiger partial charge >= 0.3 is 6.09 Å². The molecule has 15 heteroatoms. The first-order valence-electron chi connectivity index (χ1n) is 14.5. The van der Waals surface area contributed by atoms with Crippen molar-refractivity contribution in [1.82, 2.24) is 25.3 Å². The summed E-state index contributed by atoms with van der Waals surface area (Å²) in [5, 5.41) is 6.45. The molecule has 0 aliphatic heterocycles. The van der Waals surface area contributed by atoms with Gasteiger partial charge in [0.15, 0.2) is 17.4 Å². The van der Waals surface area contributed by atoms with Crippen LogP contribution in [0.1, 0.15) is 46.5 Å². The normalized spacial score (nSPS) is 16.7. The van der Waals surface area contributed by atoms with Crippen molar-refractivity contribution in [2.45, 2.75) is 69.0 Å². The second-order valence-corrected chi connectivity index (χ2v) is 13.7. The number of ether oxygens (including phenoxy) is 2. The van der Waals surface area contributed by atoms with Crippen molar-refractivity contribution < 1.29 is 27.1 Å². The monoisotopic (exact) mass is 669 g/mol. The van der Waals surface area contributed by atoms with E-state index >= 15 is 4.39 Å². The maximum atomic E-state index is 15.2. The zero-order valence-corrected chi connectivity index (χ0v) is 26.9. The lowest BCUT2D eigenvalue weighted by molar-refractivity contribution is 0.0492. The molecule has 0 unspecified atom stereocenters. The molecule has 0 atom stereocenters. The lowest BCUT2D eigenvalue weighted by Gasteiger charge is -2.30. The molecule has 2 aromatic carbocycles. The molecule has 0 bridgehead atoms. The van der Waals surface area contributed by atoms with Gasteiger partial charge in [-0.2, -0.15) is 4.98 Å². The van der Waals surface area contributed by atoms with Crippen LogP contribution in [0.2, 0.25) is 5.02 Å². The maximum absolute atomic E-state index is 15.2. The molecule has 5 rings (SSSR count). The predicted molar refractivity (Wildman–Crippen MR) is 171 cm³/mol. The Morgan fingerprint density at radius 1 is 1.00 bits per heavy atom. The Labute approximate surface area is 271 Å². The fourth-order valence-corrected chi connectivity index (χ4v) is 6.10. The van der Waals surface area contributed by atoms with Crippen LogP contribution in [-0.4, -0.2) is 52.1 Å². The van der Waals surface area contributed by atoms with Crippen molar-refractivity contribution >= 4 is 39.4 Å². The highest BCUT2D eigenvalue weighted by Crippen LogP contribution is 2.34. The van der Waals surface area contributed by atoms with E-state index < -0.39 is 27.5 Å². The molecule has 1 aliphatic rings. The Hall–Kier alpha value is -4.56. The third-order valence-electron chi connectivity index (χ3n) is 6.93. The molecular formula is C31H33ClFN7O5S. The van der Waals surface area contributed by atoms with E-state index in [4.69, 9.17) is 21.1 Å². The number of sulfonamides is 1. The lowest BCUT2D eigenvalue weighted by Crippen LogP contribution is -2.42. The summed E-state index contributed by atoms with van der Waals surface area (Å²) in [4.78, 5) is 29.0. The molecule has 4 aromatic rings. The Balaban J connectivity index is 1.25. The van der Waals surface area contributed by atoms with Gasteiger partial charge in [0, 0.05) is 24.5 Å². The van der Waals surface area contributed by atoms with Gasteiger partial charge in [-0.15, -0.1) is 0 Å². The fourth-order valence-electron chi connectivity index (χ4n) is 4.77. The van der Waals surface area contributed by atoms with Crippen molar-refractivity contribution in [2.24, 2.45) is 0 Å². The van der Waals surface area contributed by atoms with Crippen molar-refractivity contribution in [3.8, 4) is 22.9 Å². The zero-order chi connectivity index (χ0) is 32.9. The van der Waals surface area contributed by atoms with Crippen LogP contribution in [0.4, 0.5) is 20.8 Å². The topological polar surface area (TPSA) is 157 Å². The van der Waals surface area contributed by atoms with E-state index in [2.05, 4.69) is 35.3 Å². The summed E-state index contributed by atoms with van der Waals surface area (Å²) in [5.74, 6) is -0.336. The summed E-state index contributed by atoms with van der Waals surface area (Å²) in [6.45, 7) is 5.47. The Morgan fingerprint density at radius 3 is 2.46 bits per heavy atom. The average Bonchev–Trinajstić information content (AvgIpc) is 3.00. The summed E-state index contributed by atoms with van der Waals surface area (Å²) in [5.41, 5.74) is -0.0220. The van der Waals surface area contributed by atoms with Gasteiger partial charge in [-0.05, 0) is 82.9 Å². The van der Waals surface area contributed by atoms with Crippen molar-refractivity contribution in [1.29, 1.82) is 0 Å². The van der Waals surface area contributed by atoms with E-state index in [0.29, 0.717) is 11.5 Å². The molecule has 2 aromatic heterocycles. The summed E-state index contributed by atoms with van der Waals surface area (Å²) in [7, 11) is -4.13. The van der Waals surface area contributed by atoms with E-state index in [1.54, 1.807) is 12.1 Å². The number of hydrogen-bond acceptors (Lipinski definition) is 10. The first kappa shape index (κ1) is 32.8. The van der Waals surface area contributed by atoms with Crippen LogP contribution in [0.3, 0.4) is 0 Å². The van der Waals surface area contributed by atoms with Crippen LogP contribution >= 0.6 is 11.6 Å². The molecule has 12 nitrogen and oxygen atoms in total. The van der Waals surface area contributed by atoms with Crippen LogP contribution < -0.4 is 20.1 Å². The number of nitrogens with zero attached hydrogens (tertiary/aromatic N) is 4. The average molecular weight is 670 g/mol. The SMILES string of the molecule is CC(C)(C)OC(=O)NC1CCC(Nc2ncnc(-c3cnccc3Oc3ccc(S(=O)(=O)Nc4ccccc4Cl)cc3F)n2)CC1. The maximum Gasteiger partial charge on any atom is 0.407 e. The number of carbonyl (C=O) groups excluding carboxylic acids is 1. The highest BCUT2D eigenvalue weighted by molar-refractivity contribution is 7.92. The van der Waals surface area contributed by atoms with Gasteiger partial charge in [-0.3, -0.25) is 9.71 Å². The van der Waals surface area contributed by atoms with Crippen LogP contribution in [-0.2, 0) is 14.8 Å². The minimum Gasteiger partial charge on any atom is -0.453 e. The number of aromatic nitrogens is 4. The quantitative estimate of drug-likeness (QED) is 0.178. The van der Waals surface area contributed by atoms with Crippen molar-refractivity contribution in [3.63, 3.8) is 0 Å². The summed E-state index contributed by atoms with van der Waals surface area (Å²) < 4.78 is 54.4. The lowest BCUT2D eigenvalue weighted by atomic mass is 9.91. The Kier molecular flexibility index (Phi) is 9.87. The highest BCUT2D eigenvalue weighted by atomic mass is 35.5. The molecular weight excluding hydrogens is 637 g/mol. The number of rotatable bonds is 9. The van der Waals surface area contributed by atoms with E-state index in [-0.39, 0.29) is 45.0 Å². The molecule has 1 saturated carbocycles. The molecule has 0 radical (unpaired) electrons. The molecule has 1 amide bonds. The number of para-hydroxylation sites is 1. The molecule has 2 heterocycles. The van der Waals surface area contributed by atoms with E-state index in [0.717, 1.165) is 31.7 Å². The largest absolute Gasteiger partial charge is 0.453 e. The molecule has 46 heavy (non-hydrogen) atoms. The number of alkyl carbamates (subject to hydrolysis) is 1. The summed E-state index contributed by atoms with van der Waals surface area (Å²) in [6, 6.07) is 11.2. The summed E-state index contributed by atoms with van der Waals surface area (Å²) >= 11 is 6.06.